The number of piperidine rings is 1. The Labute approximate surface area is 124 Å². The predicted molar refractivity (Wildman–Crippen MR) is 75.1 cm³/mol. The van der Waals surface area contributed by atoms with Gasteiger partial charge in [-0.3, -0.25) is 0 Å². The molecule has 5 nitrogen and oxygen atoms in total. The standard InChI is InChI=1S/C12H24F3N3O2S/c1-3-16-9-11-6-4-5-7-18(11)21(19,20)17-10(2)8-12(13,14)15/h10-11,16-17H,3-9H2,1-2H3. The number of nitrogens with one attached hydrogen (secondary N) is 2. The monoisotopic (exact) mass is 331 g/mol. The quantitative estimate of drug-likeness (QED) is 0.745. The summed E-state index contributed by atoms with van der Waals surface area (Å²) in [6.45, 7) is 4.75. The summed E-state index contributed by atoms with van der Waals surface area (Å²) in [6, 6.07) is -1.37. The highest BCUT2D eigenvalue weighted by Gasteiger charge is 2.36. The van der Waals surface area contributed by atoms with Gasteiger partial charge in [-0.25, -0.2) is 0 Å². The molecule has 126 valence electrons. The highest BCUT2D eigenvalue weighted by atomic mass is 32.2. The zero-order valence-corrected chi connectivity index (χ0v) is 13.2. The van der Waals surface area contributed by atoms with E-state index in [1.54, 1.807) is 0 Å². The first-order chi connectivity index (χ1) is 9.65. The first kappa shape index (κ1) is 18.7. The van der Waals surface area contributed by atoms with Crippen LogP contribution in [0.15, 0.2) is 0 Å². The zero-order chi connectivity index (χ0) is 16.1. The molecule has 0 radical (unpaired) electrons. The molecule has 1 saturated heterocycles. The number of nitrogens with zero attached hydrogens (tertiary/aromatic N) is 1. The third-order valence-electron chi connectivity index (χ3n) is 3.40. The molecule has 1 fully saturated rings. The van der Waals surface area contributed by atoms with E-state index in [2.05, 4.69) is 10.0 Å². The van der Waals surface area contributed by atoms with Crippen LogP contribution in [0.4, 0.5) is 13.2 Å². The smallest absolute Gasteiger partial charge is 0.315 e. The first-order valence-corrected chi connectivity index (χ1v) is 8.66. The third-order valence-corrected chi connectivity index (χ3v) is 5.20. The average Bonchev–Trinajstić information content (AvgIpc) is 2.33. The topological polar surface area (TPSA) is 61.4 Å². The van der Waals surface area contributed by atoms with E-state index in [4.69, 9.17) is 0 Å². The number of alkyl halides is 3. The number of hydrogen-bond acceptors (Lipinski definition) is 3. The summed E-state index contributed by atoms with van der Waals surface area (Å²) >= 11 is 0. The molecule has 21 heavy (non-hydrogen) atoms. The molecule has 1 aliphatic rings. The molecular formula is C12H24F3N3O2S. The Morgan fingerprint density at radius 3 is 2.57 bits per heavy atom. The van der Waals surface area contributed by atoms with Crippen molar-refractivity contribution in [1.29, 1.82) is 0 Å². The van der Waals surface area contributed by atoms with Crippen LogP contribution in [-0.4, -0.2) is 50.6 Å². The number of halogens is 3. The fourth-order valence-electron chi connectivity index (χ4n) is 2.52. The molecular weight excluding hydrogens is 307 g/mol. The van der Waals surface area contributed by atoms with Crippen molar-refractivity contribution < 1.29 is 21.6 Å². The van der Waals surface area contributed by atoms with Gasteiger partial charge in [0.2, 0.25) is 0 Å². The molecule has 2 N–H and O–H groups in total. The lowest BCUT2D eigenvalue weighted by Crippen LogP contribution is -2.54. The minimum atomic E-state index is -4.38. The van der Waals surface area contributed by atoms with Crippen molar-refractivity contribution in [3.63, 3.8) is 0 Å². The fourth-order valence-corrected chi connectivity index (χ4v) is 4.19. The molecule has 0 aromatic carbocycles. The highest BCUT2D eigenvalue weighted by molar-refractivity contribution is 7.87. The van der Waals surface area contributed by atoms with Gasteiger partial charge in [-0.2, -0.15) is 30.6 Å². The molecule has 0 aromatic heterocycles. The lowest BCUT2D eigenvalue weighted by atomic mass is 10.1. The summed E-state index contributed by atoms with van der Waals surface area (Å²) in [5.74, 6) is 0. The largest absolute Gasteiger partial charge is 0.390 e. The van der Waals surface area contributed by atoms with Crippen LogP contribution >= 0.6 is 0 Å². The lowest BCUT2D eigenvalue weighted by Gasteiger charge is -2.35. The molecule has 0 bridgehead atoms. The molecule has 0 aromatic rings. The van der Waals surface area contributed by atoms with E-state index in [9.17, 15) is 21.6 Å². The van der Waals surface area contributed by atoms with E-state index in [1.165, 1.54) is 11.2 Å². The Kier molecular flexibility index (Phi) is 6.89. The Bertz CT molecular complexity index is 414. The van der Waals surface area contributed by atoms with Gasteiger partial charge in [0.1, 0.15) is 0 Å². The van der Waals surface area contributed by atoms with Crippen LogP contribution in [-0.2, 0) is 10.2 Å². The molecule has 0 aliphatic carbocycles. The van der Waals surface area contributed by atoms with Crippen molar-refractivity contribution in [2.45, 2.75) is 57.8 Å². The van der Waals surface area contributed by atoms with Crippen LogP contribution in [0.5, 0.6) is 0 Å². The van der Waals surface area contributed by atoms with Gasteiger partial charge in [0.15, 0.2) is 0 Å². The van der Waals surface area contributed by atoms with Crippen molar-refractivity contribution in [1.82, 2.24) is 14.3 Å². The maximum atomic E-state index is 12.3. The Hall–Kier alpha value is -0.380. The second kappa shape index (κ2) is 7.75. The summed E-state index contributed by atoms with van der Waals surface area (Å²) in [4.78, 5) is 0. The fraction of sp³-hybridized carbons (Fsp3) is 1.00. The van der Waals surface area contributed by atoms with Crippen molar-refractivity contribution in [2.24, 2.45) is 0 Å². The lowest BCUT2D eigenvalue weighted by molar-refractivity contribution is -0.138. The first-order valence-electron chi connectivity index (χ1n) is 7.22. The van der Waals surface area contributed by atoms with Crippen LogP contribution in [0.2, 0.25) is 0 Å². The molecule has 0 amide bonds. The van der Waals surface area contributed by atoms with Crippen LogP contribution in [0.3, 0.4) is 0 Å². The number of hydrogen-bond donors (Lipinski definition) is 2. The van der Waals surface area contributed by atoms with Gasteiger partial charge in [0.25, 0.3) is 10.2 Å². The number of likely N-dealkylation sites (N-methyl/N-ethyl adjacent to an activating group) is 1. The molecule has 1 aliphatic heterocycles. The molecule has 0 spiro atoms. The van der Waals surface area contributed by atoms with Crippen LogP contribution in [0, 0.1) is 0 Å². The van der Waals surface area contributed by atoms with Crippen molar-refractivity contribution in [3.8, 4) is 0 Å². The SMILES string of the molecule is CCNCC1CCCCN1S(=O)(=O)NC(C)CC(F)(F)F. The van der Waals surface area contributed by atoms with Crippen molar-refractivity contribution in [2.75, 3.05) is 19.6 Å². The molecule has 2 unspecified atom stereocenters. The van der Waals surface area contributed by atoms with Gasteiger partial charge in [-0.15, -0.1) is 0 Å². The molecule has 2 atom stereocenters. The van der Waals surface area contributed by atoms with E-state index >= 15 is 0 Å². The van der Waals surface area contributed by atoms with Crippen LogP contribution in [0.1, 0.15) is 39.5 Å². The Morgan fingerprint density at radius 1 is 1.33 bits per heavy atom. The van der Waals surface area contributed by atoms with Gasteiger partial charge in [-0.1, -0.05) is 13.3 Å². The van der Waals surface area contributed by atoms with E-state index in [0.717, 1.165) is 25.8 Å². The van der Waals surface area contributed by atoms with Crippen molar-refractivity contribution in [3.05, 3.63) is 0 Å². The van der Waals surface area contributed by atoms with Gasteiger partial charge in [0.05, 0.1) is 6.42 Å². The predicted octanol–water partition coefficient (Wildman–Crippen LogP) is 1.63. The van der Waals surface area contributed by atoms with E-state index in [1.807, 2.05) is 6.92 Å². The van der Waals surface area contributed by atoms with E-state index in [0.29, 0.717) is 13.1 Å². The van der Waals surface area contributed by atoms with Gasteiger partial charge < -0.3 is 5.32 Å². The summed E-state index contributed by atoms with van der Waals surface area (Å²) < 4.78 is 64.9. The Morgan fingerprint density at radius 2 is 2.00 bits per heavy atom. The zero-order valence-electron chi connectivity index (χ0n) is 12.4. The van der Waals surface area contributed by atoms with Crippen LogP contribution < -0.4 is 10.0 Å². The number of rotatable bonds is 7. The third kappa shape index (κ3) is 6.50. The molecule has 1 heterocycles. The summed E-state index contributed by atoms with van der Waals surface area (Å²) in [5.41, 5.74) is 0. The summed E-state index contributed by atoms with van der Waals surface area (Å²) in [7, 11) is -3.89. The Balaban J connectivity index is 2.69. The average molecular weight is 331 g/mol. The van der Waals surface area contributed by atoms with Gasteiger partial charge in [-0.05, 0) is 26.3 Å². The highest BCUT2D eigenvalue weighted by Crippen LogP contribution is 2.23. The van der Waals surface area contributed by atoms with Gasteiger partial charge >= 0.3 is 6.18 Å². The van der Waals surface area contributed by atoms with Crippen molar-refractivity contribution >= 4 is 10.2 Å². The minimum Gasteiger partial charge on any atom is -0.315 e. The molecule has 9 heteroatoms. The maximum Gasteiger partial charge on any atom is 0.390 e. The summed E-state index contributed by atoms with van der Waals surface area (Å²) in [6.07, 6.45) is -3.16. The van der Waals surface area contributed by atoms with Crippen LogP contribution in [0.25, 0.3) is 0 Å². The molecule has 1 rings (SSSR count). The normalized spacial score (nSPS) is 23.2. The second-order valence-electron chi connectivity index (χ2n) is 5.41. The van der Waals surface area contributed by atoms with E-state index < -0.39 is 28.8 Å². The second-order valence-corrected chi connectivity index (χ2v) is 7.07. The minimum absolute atomic E-state index is 0.200. The van der Waals surface area contributed by atoms with E-state index in [-0.39, 0.29) is 6.04 Å². The maximum absolute atomic E-state index is 12.3. The van der Waals surface area contributed by atoms with Gasteiger partial charge in [0, 0.05) is 25.2 Å². The molecule has 0 saturated carbocycles. The summed E-state index contributed by atoms with van der Waals surface area (Å²) in [5, 5.41) is 3.10.